The van der Waals surface area contributed by atoms with Gasteiger partial charge in [-0.2, -0.15) is 0 Å². The minimum atomic E-state index is -0.0886. The maximum Gasteiger partial charge on any atom is 0.224 e. The standard InChI is InChI=1S/C16H23ClN2O2/c1-11(2)14(18)9-16(20)19-7-8-21-15(10-19)12-3-5-13(17)6-4-12/h3-6,11,14-15H,7-10,18H2,1-2H3. The predicted molar refractivity (Wildman–Crippen MR) is 84.2 cm³/mol. The van der Waals surface area contributed by atoms with E-state index >= 15 is 0 Å². The number of halogens is 1. The Bertz CT molecular complexity index is 476. The van der Waals surface area contributed by atoms with Gasteiger partial charge in [-0.15, -0.1) is 0 Å². The van der Waals surface area contributed by atoms with Gasteiger partial charge in [0, 0.05) is 24.0 Å². The van der Waals surface area contributed by atoms with Crippen LogP contribution in [-0.4, -0.2) is 36.5 Å². The molecule has 1 heterocycles. The molecule has 2 rings (SSSR count). The topological polar surface area (TPSA) is 55.6 Å². The monoisotopic (exact) mass is 310 g/mol. The Morgan fingerprint density at radius 1 is 1.43 bits per heavy atom. The first-order valence-electron chi connectivity index (χ1n) is 7.38. The molecule has 5 heteroatoms. The molecule has 0 saturated carbocycles. The maximum absolute atomic E-state index is 12.3. The van der Waals surface area contributed by atoms with Crippen molar-refractivity contribution in [3.05, 3.63) is 34.9 Å². The van der Waals surface area contributed by atoms with E-state index in [4.69, 9.17) is 22.1 Å². The largest absolute Gasteiger partial charge is 0.370 e. The average molecular weight is 311 g/mol. The second-order valence-corrected chi connectivity index (χ2v) is 6.30. The fourth-order valence-corrected chi connectivity index (χ4v) is 2.45. The Hall–Kier alpha value is -1.10. The summed E-state index contributed by atoms with van der Waals surface area (Å²) in [4.78, 5) is 14.2. The van der Waals surface area contributed by atoms with Crippen molar-refractivity contribution in [2.45, 2.75) is 32.4 Å². The lowest BCUT2D eigenvalue weighted by Crippen LogP contribution is -2.44. The van der Waals surface area contributed by atoms with Crippen LogP contribution in [0.15, 0.2) is 24.3 Å². The predicted octanol–water partition coefficient (Wildman–Crippen LogP) is 2.61. The highest BCUT2D eigenvalue weighted by molar-refractivity contribution is 6.30. The Labute approximate surface area is 131 Å². The van der Waals surface area contributed by atoms with Gasteiger partial charge in [-0.3, -0.25) is 4.79 Å². The molecule has 1 aliphatic rings. The zero-order valence-corrected chi connectivity index (χ0v) is 13.3. The van der Waals surface area contributed by atoms with E-state index in [1.54, 1.807) is 0 Å². The van der Waals surface area contributed by atoms with Gasteiger partial charge in [-0.05, 0) is 23.6 Å². The highest BCUT2D eigenvalue weighted by atomic mass is 35.5. The Kier molecular flexibility index (Phi) is 5.62. The minimum absolute atomic E-state index is 0.0877. The van der Waals surface area contributed by atoms with Gasteiger partial charge < -0.3 is 15.4 Å². The van der Waals surface area contributed by atoms with E-state index in [0.717, 1.165) is 5.56 Å². The van der Waals surface area contributed by atoms with Crippen molar-refractivity contribution in [2.24, 2.45) is 11.7 Å². The van der Waals surface area contributed by atoms with Crippen LogP contribution in [0.4, 0.5) is 0 Å². The van der Waals surface area contributed by atoms with Crippen LogP contribution in [0.2, 0.25) is 5.02 Å². The molecular weight excluding hydrogens is 288 g/mol. The van der Waals surface area contributed by atoms with Gasteiger partial charge in [0.25, 0.3) is 0 Å². The number of morpholine rings is 1. The molecule has 2 N–H and O–H groups in total. The third-order valence-corrected chi connectivity index (χ3v) is 4.18. The number of nitrogens with two attached hydrogens (primary N) is 1. The summed E-state index contributed by atoms with van der Waals surface area (Å²) in [5.41, 5.74) is 7.04. The van der Waals surface area contributed by atoms with Gasteiger partial charge in [0.1, 0.15) is 6.10 Å². The fraction of sp³-hybridized carbons (Fsp3) is 0.562. The molecule has 0 aliphatic carbocycles. The first kappa shape index (κ1) is 16.3. The van der Waals surface area contributed by atoms with E-state index in [9.17, 15) is 4.79 Å². The molecule has 1 amide bonds. The van der Waals surface area contributed by atoms with Crippen LogP contribution in [0.5, 0.6) is 0 Å². The van der Waals surface area contributed by atoms with E-state index in [1.807, 2.05) is 43.0 Å². The van der Waals surface area contributed by atoms with Crippen molar-refractivity contribution < 1.29 is 9.53 Å². The molecular formula is C16H23ClN2O2. The lowest BCUT2D eigenvalue weighted by atomic mass is 10.0. The van der Waals surface area contributed by atoms with Crippen LogP contribution in [-0.2, 0) is 9.53 Å². The van der Waals surface area contributed by atoms with E-state index < -0.39 is 0 Å². The quantitative estimate of drug-likeness (QED) is 0.930. The first-order valence-corrected chi connectivity index (χ1v) is 7.75. The second kappa shape index (κ2) is 7.25. The molecule has 116 valence electrons. The lowest BCUT2D eigenvalue weighted by molar-refractivity contribution is -0.139. The summed E-state index contributed by atoms with van der Waals surface area (Å²) in [6.45, 7) is 5.83. The molecule has 1 saturated heterocycles. The molecule has 0 bridgehead atoms. The van der Waals surface area contributed by atoms with E-state index in [1.165, 1.54) is 0 Å². The van der Waals surface area contributed by atoms with Gasteiger partial charge in [0.15, 0.2) is 0 Å². The first-order chi connectivity index (χ1) is 9.97. The van der Waals surface area contributed by atoms with Gasteiger partial charge in [0.05, 0.1) is 13.2 Å². The summed E-state index contributed by atoms with van der Waals surface area (Å²) in [5, 5.41) is 0.699. The van der Waals surface area contributed by atoms with Crippen molar-refractivity contribution in [2.75, 3.05) is 19.7 Å². The number of amides is 1. The van der Waals surface area contributed by atoms with Gasteiger partial charge in [-0.1, -0.05) is 37.6 Å². The second-order valence-electron chi connectivity index (χ2n) is 5.86. The number of hydrogen-bond donors (Lipinski definition) is 1. The summed E-state index contributed by atoms with van der Waals surface area (Å²) in [6, 6.07) is 7.49. The molecule has 0 spiro atoms. The summed E-state index contributed by atoms with van der Waals surface area (Å²) in [7, 11) is 0. The van der Waals surface area contributed by atoms with Gasteiger partial charge >= 0.3 is 0 Å². The van der Waals surface area contributed by atoms with Crippen LogP contribution in [0.1, 0.15) is 31.9 Å². The molecule has 2 atom stereocenters. The van der Waals surface area contributed by atoms with Crippen molar-refractivity contribution in [1.29, 1.82) is 0 Å². The van der Waals surface area contributed by atoms with Crippen LogP contribution in [0.3, 0.4) is 0 Å². The molecule has 1 aromatic rings. The number of carbonyl (C=O) groups is 1. The van der Waals surface area contributed by atoms with Crippen LogP contribution in [0, 0.1) is 5.92 Å². The third kappa shape index (κ3) is 4.43. The number of carbonyl (C=O) groups excluding carboxylic acids is 1. The number of nitrogens with zero attached hydrogens (tertiary/aromatic N) is 1. The summed E-state index contributed by atoms with van der Waals surface area (Å²) in [6.07, 6.45) is 0.306. The van der Waals surface area contributed by atoms with E-state index in [2.05, 4.69) is 0 Å². The molecule has 0 aromatic heterocycles. The van der Waals surface area contributed by atoms with Crippen LogP contribution in [0.25, 0.3) is 0 Å². The third-order valence-electron chi connectivity index (χ3n) is 3.93. The van der Waals surface area contributed by atoms with Crippen molar-refractivity contribution in [3.63, 3.8) is 0 Å². The number of ether oxygens (including phenoxy) is 1. The highest BCUT2D eigenvalue weighted by Crippen LogP contribution is 2.24. The summed E-state index contributed by atoms with van der Waals surface area (Å²) >= 11 is 5.90. The zero-order valence-electron chi connectivity index (χ0n) is 12.6. The van der Waals surface area contributed by atoms with Crippen molar-refractivity contribution in [1.82, 2.24) is 4.90 Å². The Morgan fingerprint density at radius 3 is 2.71 bits per heavy atom. The normalized spacial score (nSPS) is 20.6. The summed E-state index contributed by atoms with van der Waals surface area (Å²) < 4.78 is 5.77. The van der Waals surface area contributed by atoms with Crippen LogP contribution >= 0.6 is 11.6 Å². The van der Waals surface area contributed by atoms with Crippen LogP contribution < -0.4 is 5.73 Å². The smallest absolute Gasteiger partial charge is 0.224 e. The minimum Gasteiger partial charge on any atom is -0.370 e. The Balaban J connectivity index is 1.97. The van der Waals surface area contributed by atoms with E-state index in [0.29, 0.717) is 37.1 Å². The average Bonchev–Trinajstić information content (AvgIpc) is 2.48. The highest BCUT2D eigenvalue weighted by Gasteiger charge is 2.26. The zero-order chi connectivity index (χ0) is 15.4. The lowest BCUT2D eigenvalue weighted by Gasteiger charge is -2.34. The molecule has 21 heavy (non-hydrogen) atoms. The van der Waals surface area contributed by atoms with Crippen molar-refractivity contribution >= 4 is 17.5 Å². The fourth-order valence-electron chi connectivity index (χ4n) is 2.32. The van der Waals surface area contributed by atoms with Gasteiger partial charge in [-0.25, -0.2) is 0 Å². The molecule has 1 fully saturated rings. The summed E-state index contributed by atoms with van der Waals surface area (Å²) in [5.74, 6) is 0.417. The maximum atomic E-state index is 12.3. The van der Waals surface area contributed by atoms with Gasteiger partial charge in [0.2, 0.25) is 5.91 Å². The van der Waals surface area contributed by atoms with E-state index in [-0.39, 0.29) is 18.1 Å². The molecule has 1 aliphatic heterocycles. The number of benzene rings is 1. The molecule has 0 radical (unpaired) electrons. The molecule has 1 aromatic carbocycles. The SMILES string of the molecule is CC(C)C(N)CC(=O)N1CCOC(c2ccc(Cl)cc2)C1. The number of hydrogen-bond acceptors (Lipinski definition) is 3. The number of rotatable bonds is 4. The molecule has 4 nitrogen and oxygen atoms in total. The molecule has 2 unspecified atom stereocenters. The van der Waals surface area contributed by atoms with Crippen molar-refractivity contribution in [3.8, 4) is 0 Å². The Morgan fingerprint density at radius 2 is 2.10 bits per heavy atom.